The molecule has 3 N–H and O–H groups in total. The maximum atomic E-state index is 12.6. The van der Waals surface area contributed by atoms with Crippen molar-refractivity contribution in [3.05, 3.63) is 41.7 Å². The first-order valence-corrected chi connectivity index (χ1v) is 9.58. The second kappa shape index (κ2) is 6.91. The number of amides is 1. The van der Waals surface area contributed by atoms with Crippen LogP contribution in [0.3, 0.4) is 0 Å². The first kappa shape index (κ1) is 18.4. The van der Waals surface area contributed by atoms with Crippen molar-refractivity contribution in [1.82, 2.24) is 5.32 Å². The monoisotopic (exact) mass is 374 g/mol. The molecule has 4 aliphatic carbocycles. The molecule has 5 rings (SSSR count). The average Bonchev–Trinajstić information content (AvgIpc) is 2.57. The van der Waals surface area contributed by atoms with Crippen LogP contribution in [0.5, 0.6) is 5.75 Å². The fourth-order valence-corrected chi connectivity index (χ4v) is 4.77. The van der Waals surface area contributed by atoms with Crippen molar-refractivity contribution in [2.45, 2.75) is 49.7 Å². The van der Waals surface area contributed by atoms with Gasteiger partial charge < -0.3 is 20.5 Å². The fraction of sp³-hybridized carbons (Fsp3) is 0.571. The molecule has 1 amide bonds. The van der Waals surface area contributed by atoms with Crippen LogP contribution in [0.1, 0.15) is 37.7 Å². The molecule has 0 saturated heterocycles. The zero-order chi connectivity index (χ0) is 19.1. The molecule has 4 fully saturated rings. The van der Waals surface area contributed by atoms with Gasteiger partial charge in [-0.25, -0.2) is 4.39 Å². The second-order valence-corrected chi connectivity index (χ2v) is 8.38. The van der Waals surface area contributed by atoms with Crippen LogP contribution in [0.4, 0.5) is 4.39 Å². The lowest BCUT2D eigenvalue weighted by atomic mass is 9.33. The summed E-state index contributed by atoms with van der Waals surface area (Å²) in [5, 5.41) is 3.19. The zero-order valence-electron chi connectivity index (χ0n) is 15.7. The minimum absolute atomic E-state index is 0.145. The summed E-state index contributed by atoms with van der Waals surface area (Å²) in [5.41, 5.74) is 7.10. The summed E-state index contributed by atoms with van der Waals surface area (Å²) in [5.74, 6) is 0.916. The van der Waals surface area contributed by atoms with Crippen LogP contribution < -0.4 is 15.8 Å². The lowest BCUT2D eigenvalue weighted by Crippen LogP contribution is -2.71. The Kier molecular flexibility index (Phi) is 4.72. The van der Waals surface area contributed by atoms with Crippen LogP contribution in [-0.2, 0) is 14.9 Å². The van der Waals surface area contributed by atoms with E-state index in [0.717, 1.165) is 32.1 Å². The quantitative estimate of drug-likeness (QED) is 0.734. The van der Waals surface area contributed by atoms with E-state index in [0.29, 0.717) is 23.8 Å². The van der Waals surface area contributed by atoms with Crippen molar-refractivity contribution < 1.29 is 18.7 Å². The number of nitrogens with one attached hydrogen (secondary N) is 1. The highest BCUT2D eigenvalue weighted by atomic mass is 19.1. The zero-order valence-corrected chi connectivity index (χ0v) is 15.7. The van der Waals surface area contributed by atoms with Crippen LogP contribution in [-0.4, -0.2) is 38.3 Å². The molecule has 0 aliphatic heterocycles. The predicted molar refractivity (Wildman–Crippen MR) is 100 cm³/mol. The van der Waals surface area contributed by atoms with Crippen LogP contribution in [0.2, 0.25) is 0 Å². The highest BCUT2D eigenvalue weighted by molar-refractivity contribution is 5.87. The molecule has 5 nitrogen and oxygen atoms in total. The van der Waals surface area contributed by atoms with E-state index in [-0.39, 0.29) is 35.9 Å². The van der Waals surface area contributed by atoms with Gasteiger partial charge in [0.15, 0.2) is 0 Å². The number of nitrogens with two attached hydrogens (primary N) is 1. The van der Waals surface area contributed by atoms with E-state index in [1.807, 2.05) is 12.1 Å². The maximum Gasteiger partial charge on any atom is 0.226 e. The van der Waals surface area contributed by atoms with Gasteiger partial charge >= 0.3 is 0 Å². The van der Waals surface area contributed by atoms with Gasteiger partial charge in [0.1, 0.15) is 12.4 Å². The Morgan fingerprint density at radius 2 is 1.96 bits per heavy atom. The van der Waals surface area contributed by atoms with Crippen LogP contribution in [0.25, 0.3) is 0 Å². The summed E-state index contributed by atoms with van der Waals surface area (Å²) >= 11 is 0. The van der Waals surface area contributed by atoms with Gasteiger partial charge in [-0.3, -0.25) is 4.79 Å². The predicted octanol–water partition coefficient (Wildman–Crippen LogP) is 2.59. The van der Waals surface area contributed by atoms with Gasteiger partial charge in [-0.2, -0.15) is 0 Å². The molecule has 146 valence electrons. The number of halogens is 1. The summed E-state index contributed by atoms with van der Waals surface area (Å²) in [6.07, 6.45) is 5.43. The van der Waals surface area contributed by atoms with E-state index < -0.39 is 0 Å². The Morgan fingerprint density at radius 3 is 2.52 bits per heavy atom. The maximum absolute atomic E-state index is 12.6. The van der Waals surface area contributed by atoms with E-state index in [1.54, 1.807) is 7.11 Å². The molecular weight excluding hydrogens is 347 g/mol. The highest BCUT2D eigenvalue weighted by Gasteiger charge is 2.71. The smallest absolute Gasteiger partial charge is 0.226 e. The second-order valence-electron chi connectivity index (χ2n) is 8.38. The number of rotatable bonds is 8. The van der Waals surface area contributed by atoms with Crippen LogP contribution in [0, 0.1) is 5.41 Å². The van der Waals surface area contributed by atoms with E-state index in [9.17, 15) is 9.18 Å². The van der Waals surface area contributed by atoms with E-state index >= 15 is 0 Å². The van der Waals surface area contributed by atoms with Gasteiger partial charge in [0.05, 0.1) is 17.8 Å². The van der Waals surface area contributed by atoms with Crippen LogP contribution >= 0.6 is 0 Å². The summed E-state index contributed by atoms with van der Waals surface area (Å²) in [6, 6.07) is 8.22. The molecule has 0 spiro atoms. The molecule has 4 aliphatic rings. The topological polar surface area (TPSA) is 73.6 Å². The molecule has 4 saturated carbocycles. The summed E-state index contributed by atoms with van der Waals surface area (Å²) in [4.78, 5) is 12.6. The normalized spacial score (nSPS) is 34.1. The number of carbonyl (C=O) groups is 1. The summed E-state index contributed by atoms with van der Waals surface area (Å²) < 4.78 is 23.4. The first-order chi connectivity index (χ1) is 13.0. The number of hydrogen-bond donors (Lipinski definition) is 2. The van der Waals surface area contributed by atoms with Crippen molar-refractivity contribution in [2.24, 2.45) is 11.1 Å². The Labute approximate surface area is 159 Å². The molecule has 0 unspecified atom stereocenters. The van der Waals surface area contributed by atoms with Gasteiger partial charge in [-0.05, 0) is 55.2 Å². The molecule has 0 atom stereocenters. The molecule has 0 heterocycles. The van der Waals surface area contributed by atoms with Gasteiger partial charge in [0, 0.05) is 25.3 Å². The largest absolute Gasteiger partial charge is 0.489 e. The Morgan fingerprint density at radius 1 is 1.30 bits per heavy atom. The van der Waals surface area contributed by atoms with Crippen molar-refractivity contribution in [3.8, 4) is 5.75 Å². The molecule has 6 heteroatoms. The third-order valence-corrected chi connectivity index (χ3v) is 6.58. The number of carbonyl (C=O) groups excluding carboxylic acids is 1. The Bertz CT molecular complexity index is 721. The average molecular weight is 374 g/mol. The van der Waals surface area contributed by atoms with Crippen molar-refractivity contribution >= 4 is 5.91 Å². The van der Waals surface area contributed by atoms with Crippen molar-refractivity contribution in [1.29, 1.82) is 0 Å². The van der Waals surface area contributed by atoms with E-state index in [2.05, 4.69) is 17.4 Å². The lowest BCUT2D eigenvalue weighted by Gasteiger charge is -2.70. The lowest BCUT2D eigenvalue weighted by molar-refractivity contribution is -0.178. The summed E-state index contributed by atoms with van der Waals surface area (Å²) in [6.45, 7) is 0.306. The molecule has 0 radical (unpaired) electrons. The highest BCUT2D eigenvalue weighted by Crippen LogP contribution is 2.73. The number of hydrogen-bond acceptors (Lipinski definition) is 4. The van der Waals surface area contributed by atoms with Crippen molar-refractivity contribution in [2.75, 3.05) is 20.3 Å². The van der Waals surface area contributed by atoms with Gasteiger partial charge in [-0.15, -0.1) is 0 Å². The SMILES string of the molecule is CO[C@H]1C[C@@H](NC(=O)C23CC(c4ccc(OC/C(=C/F)CN)cc4)(C2)C3)C1. The van der Waals surface area contributed by atoms with Gasteiger partial charge in [-0.1, -0.05) is 12.1 Å². The van der Waals surface area contributed by atoms with Crippen molar-refractivity contribution in [3.63, 3.8) is 0 Å². The van der Waals surface area contributed by atoms with Gasteiger partial charge in [0.25, 0.3) is 0 Å². The van der Waals surface area contributed by atoms with Gasteiger partial charge in [0.2, 0.25) is 5.91 Å². The molecule has 2 bridgehead atoms. The Balaban J connectivity index is 1.28. The fourth-order valence-electron chi connectivity index (χ4n) is 4.77. The Hall–Kier alpha value is -1.92. The van der Waals surface area contributed by atoms with E-state index in [4.69, 9.17) is 15.2 Å². The molecule has 27 heavy (non-hydrogen) atoms. The number of ether oxygens (including phenoxy) is 2. The van der Waals surface area contributed by atoms with E-state index in [1.165, 1.54) is 5.56 Å². The first-order valence-electron chi connectivity index (χ1n) is 9.58. The van der Waals surface area contributed by atoms with Crippen LogP contribution in [0.15, 0.2) is 36.2 Å². The molecule has 1 aromatic carbocycles. The third-order valence-electron chi connectivity index (χ3n) is 6.58. The number of benzene rings is 1. The molecule has 1 aromatic rings. The standard InChI is InChI=1S/C21H27FN2O3/c1-26-18-6-16(7-18)24-19(25)21-11-20(12-21,13-21)15-2-4-17(5-3-15)27-10-14(8-22)9-23/h2-5,8,16,18H,6-7,9-13,23H2,1H3,(H,24,25)/b14-8+/t16-,18+,20?,21?. The third kappa shape index (κ3) is 3.15. The number of methoxy groups -OCH3 is 1. The molecule has 0 aromatic heterocycles. The minimum atomic E-state index is -0.157. The minimum Gasteiger partial charge on any atom is -0.489 e. The molecular formula is C21H27FN2O3. The summed E-state index contributed by atoms with van der Waals surface area (Å²) in [7, 11) is 1.72.